The predicted octanol–water partition coefficient (Wildman–Crippen LogP) is 2.83. The Kier molecular flexibility index (Phi) is 5.70. The quantitative estimate of drug-likeness (QED) is 0.802. The number of carboxylic acid groups (broad SMARTS) is 1. The molecule has 2 heterocycles. The Labute approximate surface area is 179 Å². The molecule has 0 aliphatic carbocycles. The Morgan fingerprint density at radius 1 is 1.06 bits per heavy atom. The van der Waals surface area contributed by atoms with Crippen LogP contribution < -0.4 is 0 Å². The molecule has 4 rings (SSSR count). The number of nitrogens with zero attached hydrogens (tertiary/aromatic N) is 3. The van der Waals surface area contributed by atoms with E-state index in [4.69, 9.17) is 0 Å². The maximum Gasteiger partial charge on any atom is 0.413 e. The fourth-order valence-electron chi connectivity index (χ4n) is 4.00. The van der Waals surface area contributed by atoms with Gasteiger partial charge in [0, 0.05) is 32.1 Å². The molecule has 3 amide bonds. The van der Waals surface area contributed by atoms with Crippen LogP contribution in [0.25, 0.3) is 0 Å². The Balaban J connectivity index is 1.66. The predicted molar refractivity (Wildman–Crippen MR) is 110 cm³/mol. The minimum atomic E-state index is -1.18. The summed E-state index contributed by atoms with van der Waals surface area (Å²) in [5, 5.41) is 9.63. The minimum Gasteiger partial charge on any atom is -0.465 e. The number of hydrogen-bond acceptors (Lipinski definition) is 3. The molecule has 2 aromatic carbocycles. The molecule has 0 aromatic heterocycles. The molecule has 1 fully saturated rings. The molecule has 8 heteroatoms. The van der Waals surface area contributed by atoms with Crippen molar-refractivity contribution in [1.29, 1.82) is 0 Å². The molecule has 160 valence electrons. The third-order valence-corrected chi connectivity index (χ3v) is 5.53. The van der Waals surface area contributed by atoms with Crippen molar-refractivity contribution < 1.29 is 23.9 Å². The normalized spacial score (nSPS) is 18.7. The van der Waals surface area contributed by atoms with Gasteiger partial charge in [0.15, 0.2) is 0 Å². The summed E-state index contributed by atoms with van der Waals surface area (Å²) in [7, 11) is 0. The van der Waals surface area contributed by atoms with Crippen molar-refractivity contribution in [1.82, 2.24) is 14.7 Å². The molecule has 0 saturated carbocycles. The molecule has 31 heavy (non-hydrogen) atoms. The van der Waals surface area contributed by atoms with Crippen molar-refractivity contribution in [3.63, 3.8) is 0 Å². The number of halogens is 1. The summed E-state index contributed by atoms with van der Waals surface area (Å²) >= 11 is 0. The second kappa shape index (κ2) is 8.59. The van der Waals surface area contributed by atoms with Gasteiger partial charge in [-0.1, -0.05) is 42.5 Å². The van der Waals surface area contributed by atoms with Crippen LogP contribution in [0.1, 0.15) is 17.5 Å². The Hall–Kier alpha value is -3.68. The van der Waals surface area contributed by atoms with Gasteiger partial charge in [-0.3, -0.25) is 19.4 Å². The van der Waals surface area contributed by atoms with Crippen molar-refractivity contribution in [3.8, 4) is 0 Å². The van der Waals surface area contributed by atoms with Gasteiger partial charge in [0.25, 0.3) is 0 Å². The van der Waals surface area contributed by atoms with Crippen LogP contribution in [0.4, 0.5) is 9.18 Å². The molecular formula is C23H22FN3O4. The van der Waals surface area contributed by atoms with Crippen LogP contribution >= 0.6 is 0 Å². The molecule has 0 spiro atoms. The lowest BCUT2D eigenvalue weighted by Crippen LogP contribution is -2.60. The van der Waals surface area contributed by atoms with Gasteiger partial charge < -0.3 is 10.0 Å². The number of benzene rings is 2. The number of rotatable bonds is 5. The lowest BCUT2D eigenvalue weighted by molar-refractivity contribution is -0.148. The average molecular weight is 423 g/mol. The third-order valence-electron chi connectivity index (χ3n) is 5.53. The fourth-order valence-corrected chi connectivity index (χ4v) is 4.00. The van der Waals surface area contributed by atoms with Gasteiger partial charge in [-0.05, 0) is 29.7 Å². The molecule has 2 aromatic rings. The van der Waals surface area contributed by atoms with Gasteiger partial charge in [-0.2, -0.15) is 0 Å². The van der Waals surface area contributed by atoms with Crippen LogP contribution in [0.5, 0.6) is 0 Å². The maximum absolute atomic E-state index is 13.5. The van der Waals surface area contributed by atoms with Crippen LogP contribution in [0.2, 0.25) is 0 Å². The van der Waals surface area contributed by atoms with Crippen LogP contribution in [-0.4, -0.2) is 56.8 Å². The van der Waals surface area contributed by atoms with E-state index in [2.05, 4.69) is 0 Å². The Bertz CT molecular complexity index is 1040. The topological polar surface area (TPSA) is 81.2 Å². The average Bonchev–Trinajstić information content (AvgIpc) is 2.75. The second-order valence-electron chi connectivity index (χ2n) is 7.55. The van der Waals surface area contributed by atoms with E-state index >= 15 is 0 Å². The molecule has 7 nitrogen and oxygen atoms in total. The lowest BCUT2D eigenvalue weighted by atomic mass is 9.99. The van der Waals surface area contributed by atoms with Crippen molar-refractivity contribution in [2.24, 2.45) is 0 Å². The van der Waals surface area contributed by atoms with Crippen molar-refractivity contribution in [2.75, 3.05) is 13.1 Å². The van der Waals surface area contributed by atoms with E-state index in [0.29, 0.717) is 6.42 Å². The van der Waals surface area contributed by atoms with E-state index in [-0.39, 0.29) is 49.4 Å². The second-order valence-corrected chi connectivity index (χ2v) is 7.55. The number of carbonyl (C=O) groups excluding carboxylic acids is 2. The Morgan fingerprint density at radius 3 is 2.52 bits per heavy atom. The molecule has 0 bridgehead atoms. The monoisotopic (exact) mass is 423 g/mol. The summed E-state index contributed by atoms with van der Waals surface area (Å²) in [5.41, 5.74) is 1.59. The van der Waals surface area contributed by atoms with Gasteiger partial charge in [-0.25, -0.2) is 9.18 Å². The molecule has 2 aliphatic heterocycles. The van der Waals surface area contributed by atoms with Crippen molar-refractivity contribution in [3.05, 3.63) is 83.6 Å². The highest BCUT2D eigenvalue weighted by molar-refractivity contribution is 5.93. The summed E-state index contributed by atoms with van der Waals surface area (Å²) in [6, 6.07) is 14.6. The minimum absolute atomic E-state index is 0.0193. The zero-order chi connectivity index (χ0) is 22.0. The number of fused-ring (bicyclic) bond motifs is 1. The van der Waals surface area contributed by atoms with Crippen molar-refractivity contribution in [2.45, 2.75) is 25.3 Å². The highest BCUT2D eigenvalue weighted by Gasteiger charge is 2.44. The van der Waals surface area contributed by atoms with Crippen molar-refractivity contribution >= 4 is 17.9 Å². The Morgan fingerprint density at radius 2 is 1.81 bits per heavy atom. The van der Waals surface area contributed by atoms with Crippen LogP contribution in [0.15, 0.2) is 66.6 Å². The van der Waals surface area contributed by atoms with Gasteiger partial charge in [-0.15, -0.1) is 0 Å². The fraction of sp³-hybridized carbons (Fsp3) is 0.261. The SMILES string of the molecule is O=C1[C@H](Cc2ccccc2)N2C(=O)CCN(C(=O)O)C2=CN1CCc1cccc(F)c1. The first-order chi connectivity index (χ1) is 14.9. The first kappa shape index (κ1) is 20.6. The summed E-state index contributed by atoms with van der Waals surface area (Å²) in [4.78, 5) is 41.7. The number of carbonyl (C=O) groups is 3. The van der Waals surface area contributed by atoms with E-state index in [1.54, 1.807) is 12.1 Å². The van der Waals surface area contributed by atoms with Gasteiger partial charge in [0.1, 0.15) is 17.7 Å². The zero-order valence-electron chi connectivity index (χ0n) is 16.8. The van der Waals surface area contributed by atoms with Gasteiger partial charge in [0.2, 0.25) is 11.8 Å². The number of hydrogen-bond donors (Lipinski definition) is 1. The zero-order valence-corrected chi connectivity index (χ0v) is 16.8. The molecule has 1 saturated heterocycles. The highest BCUT2D eigenvalue weighted by Crippen LogP contribution is 2.29. The largest absolute Gasteiger partial charge is 0.465 e. The van der Waals surface area contributed by atoms with E-state index in [0.717, 1.165) is 16.0 Å². The van der Waals surface area contributed by atoms with E-state index in [1.165, 1.54) is 28.1 Å². The molecule has 2 aliphatic rings. The van der Waals surface area contributed by atoms with Crippen LogP contribution in [0.3, 0.4) is 0 Å². The standard InChI is InChI=1S/C23H22FN3O4/c24-18-8-4-7-17(13-18)9-11-25-15-20-26(23(30)31)12-10-21(28)27(20)19(22(25)29)14-16-5-2-1-3-6-16/h1-8,13,15,19H,9-12,14H2,(H,30,31)/t19-/m0/s1. The summed E-state index contributed by atoms with van der Waals surface area (Å²) in [5.74, 6) is -0.736. The summed E-state index contributed by atoms with van der Waals surface area (Å²) in [6.07, 6.45) is 0.931. The molecule has 1 atom stereocenters. The third kappa shape index (κ3) is 4.28. The molecule has 0 unspecified atom stereocenters. The summed E-state index contributed by atoms with van der Waals surface area (Å²) in [6.45, 7) is 0.285. The van der Waals surface area contributed by atoms with E-state index < -0.39 is 12.1 Å². The first-order valence-corrected chi connectivity index (χ1v) is 10.1. The van der Waals surface area contributed by atoms with E-state index in [9.17, 15) is 23.9 Å². The first-order valence-electron chi connectivity index (χ1n) is 10.1. The summed E-state index contributed by atoms with van der Waals surface area (Å²) < 4.78 is 13.5. The molecular weight excluding hydrogens is 401 g/mol. The molecule has 1 N–H and O–H groups in total. The van der Waals surface area contributed by atoms with E-state index in [1.807, 2.05) is 30.3 Å². The van der Waals surface area contributed by atoms with Crippen LogP contribution in [0, 0.1) is 5.82 Å². The molecule has 0 radical (unpaired) electrons. The van der Waals surface area contributed by atoms with Gasteiger partial charge >= 0.3 is 6.09 Å². The smallest absolute Gasteiger partial charge is 0.413 e. The lowest BCUT2D eigenvalue weighted by Gasteiger charge is -2.45. The van der Waals surface area contributed by atoms with Crippen LogP contribution in [-0.2, 0) is 22.4 Å². The number of amides is 3. The highest BCUT2D eigenvalue weighted by atomic mass is 19.1. The maximum atomic E-state index is 13.5. The van der Waals surface area contributed by atoms with Gasteiger partial charge in [0.05, 0.1) is 0 Å².